The third-order valence-electron chi connectivity index (χ3n) is 5.12. The van der Waals surface area contributed by atoms with Gasteiger partial charge in [-0.3, -0.25) is 0 Å². The molecule has 4 rings (SSSR count). The summed E-state index contributed by atoms with van der Waals surface area (Å²) >= 11 is 0. The van der Waals surface area contributed by atoms with Crippen LogP contribution in [0.5, 0.6) is 17.5 Å². The maximum absolute atomic E-state index is 11.4. The largest absolute Gasteiger partial charge is 0.490 e. The first-order valence-electron chi connectivity index (χ1n) is 11.0. The Labute approximate surface area is 203 Å². The van der Waals surface area contributed by atoms with Crippen LogP contribution in [-0.2, 0) is 23.0 Å². The van der Waals surface area contributed by atoms with E-state index in [2.05, 4.69) is 20.8 Å². The molecular formula is C24H26N6O4S. The van der Waals surface area contributed by atoms with Gasteiger partial charge in [0.05, 0.1) is 17.2 Å². The van der Waals surface area contributed by atoms with Crippen molar-refractivity contribution >= 4 is 10.0 Å². The monoisotopic (exact) mass is 494 g/mol. The molecule has 0 unspecified atom stereocenters. The zero-order valence-electron chi connectivity index (χ0n) is 19.2. The number of aromatic nitrogens is 4. The summed E-state index contributed by atoms with van der Waals surface area (Å²) in [6.45, 7) is 3.72. The zero-order chi connectivity index (χ0) is 24.7. The number of sulfonamides is 1. The van der Waals surface area contributed by atoms with Crippen LogP contribution in [0.3, 0.4) is 0 Å². The van der Waals surface area contributed by atoms with E-state index in [0.717, 1.165) is 23.2 Å². The van der Waals surface area contributed by atoms with Gasteiger partial charge in [-0.05, 0) is 77.8 Å². The molecule has 0 bridgehead atoms. The Kier molecular flexibility index (Phi) is 7.70. The van der Waals surface area contributed by atoms with Crippen LogP contribution in [0.2, 0.25) is 0 Å². The number of nitrogens with zero attached hydrogens (tertiary/aromatic N) is 4. The van der Waals surface area contributed by atoms with Crippen LogP contribution in [0.4, 0.5) is 0 Å². The van der Waals surface area contributed by atoms with Gasteiger partial charge < -0.3 is 14.8 Å². The second-order valence-corrected chi connectivity index (χ2v) is 9.20. The zero-order valence-corrected chi connectivity index (χ0v) is 20.0. The van der Waals surface area contributed by atoms with Gasteiger partial charge in [0.2, 0.25) is 10.0 Å². The van der Waals surface area contributed by atoms with E-state index < -0.39 is 10.0 Å². The van der Waals surface area contributed by atoms with Gasteiger partial charge in [-0.15, -0.1) is 0 Å². The topological polar surface area (TPSA) is 134 Å². The number of tetrazole rings is 1. The molecule has 0 aliphatic rings. The average Bonchev–Trinajstić information content (AvgIpc) is 3.32. The van der Waals surface area contributed by atoms with Crippen molar-refractivity contribution in [2.45, 2.75) is 24.8 Å². The summed E-state index contributed by atoms with van der Waals surface area (Å²) in [7, 11) is -3.68. The Morgan fingerprint density at radius 3 is 2.43 bits per heavy atom. The molecule has 0 aliphatic heterocycles. The lowest BCUT2D eigenvalue weighted by molar-refractivity contribution is 0.315. The van der Waals surface area contributed by atoms with Gasteiger partial charge in [0.1, 0.15) is 0 Å². The first-order chi connectivity index (χ1) is 16.9. The summed E-state index contributed by atoms with van der Waals surface area (Å²) in [5.74, 6) is 1.10. The van der Waals surface area contributed by atoms with Crippen molar-refractivity contribution in [1.29, 1.82) is 0 Å². The summed E-state index contributed by atoms with van der Waals surface area (Å²) in [5.41, 5.74) is 2.82. The minimum absolute atomic E-state index is 0.109. The Bertz CT molecular complexity index is 1360. The summed E-state index contributed by atoms with van der Waals surface area (Å²) < 4.78 is 36.0. The molecule has 0 saturated heterocycles. The smallest absolute Gasteiger partial charge is 0.346 e. The fraction of sp³-hybridized carbons (Fsp3) is 0.208. The Balaban J connectivity index is 1.38. The number of para-hydroxylation sites is 1. The van der Waals surface area contributed by atoms with Crippen LogP contribution in [0.25, 0.3) is 5.69 Å². The number of ether oxygens (including phenoxy) is 2. The van der Waals surface area contributed by atoms with Crippen LogP contribution < -0.4 is 19.9 Å². The summed E-state index contributed by atoms with van der Waals surface area (Å²) in [6.07, 6.45) is 0.743. The van der Waals surface area contributed by atoms with Gasteiger partial charge in [-0.25, -0.2) is 13.6 Å². The molecule has 35 heavy (non-hydrogen) atoms. The highest BCUT2D eigenvalue weighted by molar-refractivity contribution is 7.89. The van der Waals surface area contributed by atoms with Crippen molar-refractivity contribution in [3.8, 4) is 23.2 Å². The molecule has 0 amide bonds. The number of primary sulfonamides is 1. The number of benzene rings is 3. The van der Waals surface area contributed by atoms with E-state index in [1.807, 2.05) is 55.5 Å². The second kappa shape index (κ2) is 11.1. The van der Waals surface area contributed by atoms with Crippen molar-refractivity contribution < 1.29 is 17.9 Å². The van der Waals surface area contributed by atoms with Crippen molar-refractivity contribution in [3.63, 3.8) is 0 Å². The number of hydrogen-bond donors (Lipinski definition) is 2. The third-order valence-corrected chi connectivity index (χ3v) is 6.05. The van der Waals surface area contributed by atoms with E-state index in [1.165, 1.54) is 16.8 Å². The molecule has 1 aromatic heterocycles. The molecule has 0 aliphatic carbocycles. The molecular weight excluding hydrogens is 468 g/mol. The second-order valence-electron chi connectivity index (χ2n) is 7.64. The summed E-state index contributed by atoms with van der Waals surface area (Å²) in [6, 6.07) is 22.0. The number of nitrogens with one attached hydrogen (secondary N) is 1. The number of rotatable bonds is 11. The third kappa shape index (κ3) is 6.41. The lowest BCUT2D eigenvalue weighted by Gasteiger charge is -2.13. The molecule has 0 atom stereocenters. The maximum atomic E-state index is 11.4. The molecule has 3 aromatic carbocycles. The highest BCUT2D eigenvalue weighted by atomic mass is 32.2. The minimum Gasteiger partial charge on any atom is -0.490 e. The van der Waals surface area contributed by atoms with E-state index in [1.54, 1.807) is 12.1 Å². The molecule has 0 saturated carbocycles. The van der Waals surface area contributed by atoms with Crippen LogP contribution in [0, 0.1) is 0 Å². The normalized spacial score (nSPS) is 11.4. The highest BCUT2D eigenvalue weighted by Gasteiger charge is 2.14. The fourth-order valence-corrected chi connectivity index (χ4v) is 3.91. The van der Waals surface area contributed by atoms with Crippen molar-refractivity contribution in [3.05, 3.63) is 83.9 Å². The van der Waals surface area contributed by atoms with Crippen molar-refractivity contribution in [2.24, 2.45) is 5.14 Å². The van der Waals surface area contributed by atoms with Crippen LogP contribution in [-0.4, -0.2) is 41.8 Å². The molecule has 3 N–H and O–H groups in total. The number of nitrogens with two attached hydrogens (primary N) is 1. The molecule has 0 fully saturated rings. The number of hydrogen-bond acceptors (Lipinski definition) is 8. The van der Waals surface area contributed by atoms with Crippen molar-refractivity contribution in [2.75, 3.05) is 13.2 Å². The standard InChI is InChI=1S/C24H26N6O4S/c1-2-33-23-16-19(17-26-15-14-18-8-11-21(12-9-18)35(25,31)32)10-13-22(23)34-24-27-28-29-30(24)20-6-4-3-5-7-20/h3-13,16,26H,2,14-15,17H2,1H3,(H2,25,31,32). The lowest BCUT2D eigenvalue weighted by Crippen LogP contribution is -2.17. The highest BCUT2D eigenvalue weighted by Crippen LogP contribution is 2.32. The first-order valence-corrected chi connectivity index (χ1v) is 12.6. The van der Waals surface area contributed by atoms with Gasteiger partial charge in [-0.2, -0.15) is 4.68 Å². The molecule has 11 heteroatoms. The molecule has 0 spiro atoms. The van der Waals surface area contributed by atoms with E-state index in [4.69, 9.17) is 14.6 Å². The Hall–Kier alpha value is -3.80. The fourth-order valence-electron chi connectivity index (χ4n) is 3.40. The van der Waals surface area contributed by atoms with Gasteiger partial charge in [-0.1, -0.05) is 41.5 Å². The Morgan fingerprint density at radius 1 is 0.971 bits per heavy atom. The van der Waals surface area contributed by atoms with Gasteiger partial charge in [0.15, 0.2) is 11.5 Å². The predicted octanol–water partition coefficient (Wildman–Crippen LogP) is 2.83. The van der Waals surface area contributed by atoms with E-state index in [9.17, 15) is 8.42 Å². The predicted molar refractivity (Wildman–Crippen MR) is 130 cm³/mol. The van der Waals surface area contributed by atoms with E-state index in [-0.39, 0.29) is 10.9 Å². The summed E-state index contributed by atoms with van der Waals surface area (Å²) in [5, 5.41) is 20.3. The summed E-state index contributed by atoms with van der Waals surface area (Å²) in [4.78, 5) is 0.109. The average molecular weight is 495 g/mol. The van der Waals surface area contributed by atoms with Gasteiger partial charge >= 0.3 is 6.01 Å². The first kappa shape index (κ1) is 24.3. The van der Waals surface area contributed by atoms with E-state index >= 15 is 0 Å². The maximum Gasteiger partial charge on any atom is 0.346 e. The van der Waals surface area contributed by atoms with Crippen LogP contribution >= 0.6 is 0 Å². The van der Waals surface area contributed by atoms with Crippen LogP contribution in [0.1, 0.15) is 18.1 Å². The quantitative estimate of drug-likeness (QED) is 0.304. The van der Waals surface area contributed by atoms with Crippen LogP contribution in [0.15, 0.2) is 77.7 Å². The minimum atomic E-state index is -3.68. The molecule has 4 aromatic rings. The Morgan fingerprint density at radius 2 is 1.71 bits per heavy atom. The van der Waals surface area contributed by atoms with Crippen molar-refractivity contribution in [1.82, 2.24) is 25.5 Å². The lowest BCUT2D eigenvalue weighted by atomic mass is 10.1. The van der Waals surface area contributed by atoms with E-state index in [0.29, 0.717) is 31.2 Å². The molecule has 0 radical (unpaired) electrons. The molecule has 1 heterocycles. The van der Waals surface area contributed by atoms with Gasteiger partial charge in [0, 0.05) is 6.54 Å². The molecule has 182 valence electrons. The SMILES string of the molecule is CCOc1cc(CNCCc2ccc(S(N)(=O)=O)cc2)ccc1Oc1nnnn1-c1ccccc1. The van der Waals surface area contributed by atoms with Gasteiger partial charge in [0.25, 0.3) is 0 Å². The molecule has 10 nitrogen and oxygen atoms in total.